The second-order valence-corrected chi connectivity index (χ2v) is 7.78. The maximum atomic E-state index is 14.1. The number of anilines is 2. The summed E-state index contributed by atoms with van der Waals surface area (Å²) in [5.41, 5.74) is 2.41. The van der Waals surface area contributed by atoms with Crippen LogP contribution in [0.1, 0.15) is 5.56 Å². The van der Waals surface area contributed by atoms with Gasteiger partial charge in [-0.2, -0.15) is 5.10 Å². The van der Waals surface area contributed by atoms with E-state index < -0.39 is 0 Å². The number of benzene rings is 2. The molecule has 0 aliphatic carbocycles. The van der Waals surface area contributed by atoms with Gasteiger partial charge in [0.05, 0.1) is 5.69 Å². The van der Waals surface area contributed by atoms with Crippen LogP contribution in [0.5, 0.6) is 0 Å². The number of aliphatic imine (C=N–C) groups is 1. The number of carbonyl (C=O) groups excluding carboxylic acids is 1. The molecule has 0 saturated carbocycles. The number of guanidine groups is 1. The Balaban J connectivity index is 0.00000324. The Hall–Kier alpha value is -3.15. The van der Waals surface area contributed by atoms with Crippen LogP contribution in [-0.4, -0.2) is 59.8 Å². The molecule has 1 aromatic heterocycles. The number of amides is 1. The minimum absolute atomic E-state index is 0. The van der Waals surface area contributed by atoms with Crippen LogP contribution in [0, 0.1) is 5.82 Å². The van der Waals surface area contributed by atoms with E-state index in [9.17, 15) is 9.18 Å². The van der Waals surface area contributed by atoms with Crippen molar-refractivity contribution in [3.8, 4) is 0 Å². The number of hydrogen-bond donors (Lipinski definition) is 2. The molecule has 1 aliphatic rings. The van der Waals surface area contributed by atoms with Crippen LogP contribution in [-0.2, 0) is 17.9 Å². The second kappa shape index (κ2) is 12.4. The van der Waals surface area contributed by atoms with Crippen LogP contribution in [0.4, 0.5) is 15.8 Å². The van der Waals surface area contributed by atoms with Crippen LogP contribution in [0.15, 0.2) is 72.0 Å². The molecular weight excluding hydrogens is 548 g/mol. The number of nitrogens with zero attached hydrogens (tertiary/aromatic N) is 5. The predicted octanol–water partition coefficient (Wildman–Crippen LogP) is 3.18. The van der Waals surface area contributed by atoms with E-state index >= 15 is 0 Å². The number of para-hydroxylation sites is 1. The van der Waals surface area contributed by atoms with Crippen molar-refractivity contribution in [3.05, 3.63) is 78.4 Å². The van der Waals surface area contributed by atoms with Crippen molar-refractivity contribution in [3.63, 3.8) is 0 Å². The molecule has 34 heavy (non-hydrogen) atoms. The standard InChI is InChI=1S/C24H28FN7O.HI/c1-26-24(31-14-12-30(13-15-31)22-9-3-2-8-21(22)25)27-17-19-6-4-7-20(16-19)29-23(33)18-32-11-5-10-28-32;/h2-11,16H,12-15,17-18H2,1H3,(H,26,27)(H,29,33);1H. The van der Waals surface area contributed by atoms with Crippen LogP contribution in [0.3, 0.4) is 0 Å². The van der Waals surface area contributed by atoms with E-state index in [1.165, 1.54) is 6.07 Å². The number of piperazine rings is 1. The van der Waals surface area contributed by atoms with E-state index in [0.29, 0.717) is 12.2 Å². The molecule has 8 nitrogen and oxygen atoms in total. The van der Waals surface area contributed by atoms with Gasteiger partial charge in [-0.05, 0) is 35.9 Å². The Morgan fingerprint density at radius 2 is 1.88 bits per heavy atom. The fourth-order valence-corrected chi connectivity index (χ4v) is 3.88. The lowest BCUT2D eigenvalue weighted by Crippen LogP contribution is -2.52. The Kier molecular flexibility index (Phi) is 9.25. The number of rotatable bonds is 6. The quantitative estimate of drug-likeness (QED) is 0.268. The molecule has 3 aromatic rings. The predicted molar refractivity (Wildman–Crippen MR) is 143 cm³/mol. The molecule has 0 atom stereocenters. The monoisotopic (exact) mass is 577 g/mol. The average molecular weight is 577 g/mol. The SMILES string of the molecule is CN=C(NCc1cccc(NC(=O)Cn2cccn2)c1)N1CCN(c2ccccc2F)CC1.I. The van der Waals surface area contributed by atoms with Gasteiger partial charge in [0.1, 0.15) is 12.4 Å². The summed E-state index contributed by atoms with van der Waals surface area (Å²) >= 11 is 0. The fourth-order valence-electron chi connectivity index (χ4n) is 3.88. The molecule has 0 bridgehead atoms. The molecule has 1 saturated heterocycles. The molecule has 0 spiro atoms. The van der Waals surface area contributed by atoms with Crippen LogP contribution in [0.2, 0.25) is 0 Å². The summed E-state index contributed by atoms with van der Waals surface area (Å²) in [4.78, 5) is 20.9. The first-order chi connectivity index (χ1) is 16.1. The minimum Gasteiger partial charge on any atom is -0.366 e. The highest BCUT2D eigenvalue weighted by Crippen LogP contribution is 2.20. The van der Waals surface area contributed by atoms with Crippen molar-refractivity contribution >= 4 is 47.2 Å². The summed E-state index contributed by atoms with van der Waals surface area (Å²) in [5, 5.41) is 10.4. The number of carbonyl (C=O) groups is 1. The van der Waals surface area contributed by atoms with E-state index in [1.807, 2.05) is 36.4 Å². The van der Waals surface area contributed by atoms with Gasteiger partial charge in [0, 0.05) is 57.9 Å². The summed E-state index contributed by atoms with van der Waals surface area (Å²) in [6.45, 7) is 3.68. The lowest BCUT2D eigenvalue weighted by molar-refractivity contribution is -0.116. The normalized spacial score (nSPS) is 13.9. The Morgan fingerprint density at radius 3 is 2.59 bits per heavy atom. The number of aromatic nitrogens is 2. The molecule has 2 heterocycles. The van der Waals surface area contributed by atoms with Crippen molar-refractivity contribution in [2.24, 2.45) is 4.99 Å². The molecule has 180 valence electrons. The summed E-state index contributed by atoms with van der Waals surface area (Å²) in [7, 11) is 1.76. The summed E-state index contributed by atoms with van der Waals surface area (Å²) in [6.07, 6.45) is 3.40. The summed E-state index contributed by atoms with van der Waals surface area (Å²) < 4.78 is 15.7. The highest BCUT2D eigenvalue weighted by molar-refractivity contribution is 14.0. The third-order valence-electron chi connectivity index (χ3n) is 5.51. The summed E-state index contributed by atoms with van der Waals surface area (Å²) in [5.74, 6) is 0.480. The molecule has 2 aromatic carbocycles. The molecule has 1 fully saturated rings. The van der Waals surface area contributed by atoms with Crippen LogP contribution in [0.25, 0.3) is 0 Å². The first-order valence-electron chi connectivity index (χ1n) is 10.9. The van der Waals surface area contributed by atoms with Gasteiger partial charge in [0.15, 0.2) is 5.96 Å². The van der Waals surface area contributed by atoms with Gasteiger partial charge in [-0.15, -0.1) is 24.0 Å². The van der Waals surface area contributed by atoms with Gasteiger partial charge < -0.3 is 20.4 Å². The number of nitrogens with one attached hydrogen (secondary N) is 2. The smallest absolute Gasteiger partial charge is 0.246 e. The van der Waals surface area contributed by atoms with E-state index in [-0.39, 0.29) is 42.2 Å². The molecule has 0 unspecified atom stereocenters. The Labute approximate surface area is 215 Å². The van der Waals surface area contributed by atoms with Gasteiger partial charge in [0.25, 0.3) is 0 Å². The van der Waals surface area contributed by atoms with Crippen LogP contribution >= 0.6 is 24.0 Å². The maximum Gasteiger partial charge on any atom is 0.246 e. The Bertz CT molecular complexity index is 1100. The van der Waals surface area contributed by atoms with Crippen molar-refractivity contribution in [1.82, 2.24) is 20.0 Å². The van der Waals surface area contributed by atoms with E-state index in [0.717, 1.165) is 43.4 Å². The van der Waals surface area contributed by atoms with E-state index in [4.69, 9.17) is 0 Å². The fraction of sp³-hybridized carbons (Fsp3) is 0.292. The lowest BCUT2D eigenvalue weighted by Gasteiger charge is -2.37. The molecule has 4 rings (SSSR count). The molecule has 0 radical (unpaired) electrons. The zero-order chi connectivity index (χ0) is 23.0. The summed E-state index contributed by atoms with van der Waals surface area (Å²) in [6, 6.07) is 16.4. The Morgan fingerprint density at radius 1 is 1.09 bits per heavy atom. The number of halogens is 2. The highest BCUT2D eigenvalue weighted by Gasteiger charge is 2.21. The number of hydrogen-bond acceptors (Lipinski definition) is 4. The zero-order valence-corrected chi connectivity index (χ0v) is 21.4. The minimum atomic E-state index is -0.190. The van der Waals surface area contributed by atoms with Crippen molar-refractivity contribution in [2.75, 3.05) is 43.4 Å². The molecule has 1 amide bonds. The first kappa shape index (κ1) is 25.5. The molecular formula is C24H29FIN7O. The van der Waals surface area contributed by atoms with Crippen LogP contribution < -0.4 is 15.5 Å². The average Bonchev–Trinajstić information content (AvgIpc) is 3.33. The zero-order valence-electron chi connectivity index (χ0n) is 19.0. The van der Waals surface area contributed by atoms with Gasteiger partial charge in [-0.1, -0.05) is 24.3 Å². The van der Waals surface area contributed by atoms with Gasteiger partial charge in [-0.25, -0.2) is 4.39 Å². The maximum absolute atomic E-state index is 14.1. The van der Waals surface area contributed by atoms with Crippen molar-refractivity contribution in [2.45, 2.75) is 13.1 Å². The third-order valence-corrected chi connectivity index (χ3v) is 5.51. The van der Waals surface area contributed by atoms with Gasteiger partial charge in [-0.3, -0.25) is 14.5 Å². The largest absolute Gasteiger partial charge is 0.366 e. The van der Waals surface area contributed by atoms with E-state index in [1.54, 1.807) is 36.3 Å². The van der Waals surface area contributed by atoms with E-state index in [2.05, 4.69) is 30.5 Å². The second-order valence-electron chi connectivity index (χ2n) is 7.78. The topological polar surface area (TPSA) is 77.8 Å². The first-order valence-corrected chi connectivity index (χ1v) is 10.9. The third kappa shape index (κ3) is 6.69. The molecule has 2 N–H and O–H groups in total. The van der Waals surface area contributed by atoms with Crippen molar-refractivity contribution in [1.29, 1.82) is 0 Å². The molecule has 1 aliphatic heterocycles. The highest BCUT2D eigenvalue weighted by atomic mass is 127. The van der Waals surface area contributed by atoms with Gasteiger partial charge in [0.2, 0.25) is 5.91 Å². The lowest BCUT2D eigenvalue weighted by atomic mass is 10.2. The van der Waals surface area contributed by atoms with Crippen molar-refractivity contribution < 1.29 is 9.18 Å². The van der Waals surface area contributed by atoms with Gasteiger partial charge >= 0.3 is 0 Å². The molecule has 10 heteroatoms.